The zero-order valence-electron chi connectivity index (χ0n) is 9.78. The molecule has 1 fully saturated rings. The largest absolute Gasteiger partial charge is 0.370 e. The zero-order valence-corrected chi connectivity index (χ0v) is 9.78. The van der Waals surface area contributed by atoms with Gasteiger partial charge in [-0.2, -0.15) is 0 Å². The number of para-hydroxylation sites is 1. The Balaban J connectivity index is 1.76. The third-order valence-electron chi connectivity index (χ3n) is 3.81. The van der Waals surface area contributed by atoms with Crippen molar-refractivity contribution in [2.75, 3.05) is 24.5 Å². The summed E-state index contributed by atoms with van der Waals surface area (Å²) in [5, 5.41) is 3.59. The first-order chi connectivity index (χ1) is 7.93. The van der Waals surface area contributed by atoms with Crippen molar-refractivity contribution in [3.05, 3.63) is 29.8 Å². The van der Waals surface area contributed by atoms with E-state index in [2.05, 4.69) is 34.5 Å². The molecule has 2 aliphatic rings. The topological polar surface area (TPSA) is 15.3 Å². The maximum atomic E-state index is 3.59. The number of nitrogens with zero attached hydrogens (tertiary/aromatic N) is 1. The summed E-state index contributed by atoms with van der Waals surface area (Å²) >= 11 is 0. The van der Waals surface area contributed by atoms with Crippen LogP contribution in [0.25, 0.3) is 0 Å². The van der Waals surface area contributed by atoms with E-state index in [4.69, 9.17) is 0 Å². The second-order valence-corrected chi connectivity index (χ2v) is 4.97. The van der Waals surface area contributed by atoms with Gasteiger partial charge in [-0.25, -0.2) is 0 Å². The van der Waals surface area contributed by atoms with Crippen LogP contribution in [-0.2, 0) is 6.42 Å². The molecule has 0 radical (unpaired) electrons. The highest BCUT2D eigenvalue weighted by Crippen LogP contribution is 2.27. The molecule has 1 saturated heterocycles. The number of hydrogen-bond acceptors (Lipinski definition) is 2. The molecule has 0 saturated carbocycles. The van der Waals surface area contributed by atoms with Gasteiger partial charge in [0, 0.05) is 24.8 Å². The summed E-state index contributed by atoms with van der Waals surface area (Å²) in [6.07, 6.45) is 5.26. The Morgan fingerprint density at radius 3 is 3.06 bits per heavy atom. The Morgan fingerprint density at radius 2 is 2.19 bits per heavy atom. The van der Waals surface area contributed by atoms with Crippen LogP contribution in [-0.4, -0.2) is 25.7 Å². The van der Waals surface area contributed by atoms with Crippen molar-refractivity contribution in [3.8, 4) is 0 Å². The molecular formula is C14H20N2. The van der Waals surface area contributed by atoms with Gasteiger partial charge < -0.3 is 10.2 Å². The number of fused-ring (bicyclic) bond motifs is 1. The molecule has 86 valence electrons. The van der Waals surface area contributed by atoms with Gasteiger partial charge in [-0.15, -0.1) is 0 Å². The van der Waals surface area contributed by atoms with E-state index in [1.165, 1.54) is 56.6 Å². The molecule has 2 heterocycles. The number of nitrogens with one attached hydrogen (secondary N) is 1. The van der Waals surface area contributed by atoms with E-state index in [0.29, 0.717) is 6.04 Å². The Kier molecular flexibility index (Phi) is 2.83. The van der Waals surface area contributed by atoms with Gasteiger partial charge in [-0.3, -0.25) is 0 Å². The predicted octanol–water partition coefficient (Wildman–Crippen LogP) is 2.19. The van der Waals surface area contributed by atoms with E-state index in [0.717, 1.165) is 0 Å². The maximum absolute atomic E-state index is 3.59. The van der Waals surface area contributed by atoms with E-state index in [9.17, 15) is 0 Å². The van der Waals surface area contributed by atoms with Crippen LogP contribution < -0.4 is 10.2 Å². The lowest BCUT2D eigenvalue weighted by atomic mass is 10.0. The SMILES string of the molecule is c1ccc2c(c1)CCCN2CC1CCCN1. The average molecular weight is 216 g/mol. The van der Waals surface area contributed by atoms with Gasteiger partial charge >= 0.3 is 0 Å². The average Bonchev–Trinajstić information content (AvgIpc) is 2.82. The molecule has 0 spiro atoms. The van der Waals surface area contributed by atoms with Gasteiger partial charge in [0.05, 0.1) is 0 Å². The molecule has 1 aromatic rings. The van der Waals surface area contributed by atoms with E-state index in [1.807, 2.05) is 0 Å². The number of benzene rings is 1. The highest BCUT2D eigenvalue weighted by molar-refractivity contribution is 5.55. The van der Waals surface area contributed by atoms with E-state index >= 15 is 0 Å². The molecule has 16 heavy (non-hydrogen) atoms. The monoisotopic (exact) mass is 216 g/mol. The number of anilines is 1. The lowest BCUT2D eigenvalue weighted by Gasteiger charge is -2.33. The van der Waals surface area contributed by atoms with E-state index in [1.54, 1.807) is 0 Å². The Morgan fingerprint density at radius 1 is 1.25 bits per heavy atom. The quantitative estimate of drug-likeness (QED) is 0.815. The summed E-state index contributed by atoms with van der Waals surface area (Å²) in [4.78, 5) is 2.57. The van der Waals surface area contributed by atoms with Crippen LogP contribution >= 0.6 is 0 Å². The van der Waals surface area contributed by atoms with Crippen molar-refractivity contribution in [2.45, 2.75) is 31.7 Å². The minimum absolute atomic E-state index is 0.714. The van der Waals surface area contributed by atoms with Gasteiger partial charge in [-0.05, 0) is 43.9 Å². The standard InChI is InChI=1S/C14H20N2/c1-2-8-14-12(5-1)6-4-10-16(14)11-13-7-3-9-15-13/h1-2,5,8,13,15H,3-4,6-7,9-11H2. The molecule has 1 aromatic carbocycles. The zero-order chi connectivity index (χ0) is 10.8. The highest BCUT2D eigenvalue weighted by Gasteiger charge is 2.21. The first-order valence-corrected chi connectivity index (χ1v) is 6.50. The van der Waals surface area contributed by atoms with Crippen LogP contribution in [0.1, 0.15) is 24.8 Å². The van der Waals surface area contributed by atoms with Crippen LogP contribution in [0.5, 0.6) is 0 Å². The van der Waals surface area contributed by atoms with Crippen LogP contribution in [0.4, 0.5) is 5.69 Å². The van der Waals surface area contributed by atoms with Gasteiger partial charge in [0.15, 0.2) is 0 Å². The molecule has 1 N–H and O–H groups in total. The molecule has 1 atom stereocenters. The van der Waals surface area contributed by atoms with Gasteiger partial charge in [0.1, 0.15) is 0 Å². The summed E-state index contributed by atoms with van der Waals surface area (Å²) < 4.78 is 0. The predicted molar refractivity (Wildman–Crippen MR) is 68.0 cm³/mol. The van der Waals surface area contributed by atoms with Crippen molar-refractivity contribution < 1.29 is 0 Å². The summed E-state index contributed by atoms with van der Waals surface area (Å²) in [5.74, 6) is 0. The fourth-order valence-corrected chi connectivity index (χ4v) is 2.98. The minimum Gasteiger partial charge on any atom is -0.370 e. The normalized spacial score (nSPS) is 24.5. The number of aryl methyl sites for hydroxylation is 1. The lowest BCUT2D eigenvalue weighted by Crippen LogP contribution is -2.40. The molecule has 2 nitrogen and oxygen atoms in total. The molecule has 2 heteroatoms. The molecule has 0 amide bonds. The second-order valence-electron chi connectivity index (χ2n) is 4.97. The van der Waals surface area contributed by atoms with Gasteiger partial charge in [0.2, 0.25) is 0 Å². The highest BCUT2D eigenvalue weighted by atomic mass is 15.2. The minimum atomic E-state index is 0.714. The summed E-state index contributed by atoms with van der Waals surface area (Å²) in [6, 6.07) is 9.61. The van der Waals surface area contributed by atoms with Gasteiger partial charge in [0.25, 0.3) is 0 Å². The number of rotatable bonds is 2. The molecule has 3 rings (SSSR count). The molecular weight excluding hydrogens is 196 g/mol. The van der Waals surface area contributed by atoms with E-state index in [-0.39, 0.29) is 0 Å². The molecule has 2 aliphatic heterocycles. The second kappa shape index (κ2) is 4.46. The summed E-state index contributed by atoms with van der Waals surface area (Å²) in [7, 11) is 0. The van der Waals surface area contributed by atoms with Crippen LogP contribution in [0.3, 0.4) is 0 Å². The van der Waals surface area contributed by atoms with Crippen LogP contribution in [0.15, 0.2) is 24.3 Å². The first-order valence-electron chi connectivity index (χ1n) is 6.50. The first kappa shape index (κ1) is 10.2. The fraction of sp³-hybridized carbons (Fsp3) is 0.571. The summed E-state index contributed by atoms with van der Waals surface area (Å²) in [5.41, 5.74) is 3.01. The van der Waals surface area contributed by atoms with Crippen molar-refractivity contribution in [1.29, 1.82) is 0 Å². The van der Waals surface area contributed by atoms with E-state index < -0.39 is 0 Å². The third kappa shape index (κ3) is 1.94. The smallest absolute Gasteiger partial charge is 0.0399 e. The van der Waals surface area contributed by atoms with Crippen molar-refractivity contribution >= 4 is 5.69 Å². The lowest BCUT2D eigenvalue weighted by molar-refractivity contribution is 0.564. The van der Waals surface area contributed by atoms with Crippen LogP contribution in [0, 0.1) is 0 Å². The molecule has 0 aliphatic carbocycles. The number of hydrogen-bond donors (Lipinski definition) is 1. The molecule has 0 bridgehead atoms. The molecule has 1 unspecified atom stereocenters. The fourth-order valence-electron chi connectivity index (χ4n) is 2.98. The third-order valence-corrected chi connectivity index (χ3v) is 3.81. The Labute approximate surface area is 97.6 Å². The maximum Gasteiger partial charge on any atom is 0.0399 e. The van der Waals surface area contributed by atoms with Crippen molar-refractivity contribution in [2.24, 2.45) is 0 Å². The van der Waals surface area contributed by atoms with Crippen LogP contribution in [0.2, 0.25) is 0 Å². The van der Waals surface area contributed by atoms with Crippen molar-refractivity contribution in [1.82, 2.24) is 5.32 Å². The molecule has 0 aromatic heterocycles. The summed E-state index contributed by atoms with van der Waals surface area (Å²) in [6.45, 7) is 3.63. The Bertz CT molecular complexity index is 356. The Hall–Kier alpha value is -1.02. The van der Waals surface area contributed by atoms with Gasteiger partial charge in [-0.1, -0.05) is 18.2 Å². The van der Waals surface area contributed by atoms with Crippen molar-refractivity contribution in [3.63, 3.8) is 0 Å².